The maximum absolute atomic E-state index is 12.2. The van der Waals surface area contributed by atoms with Gasteiger partial charge in [-0.25, -0.2) is 0 Å². The maximum atomic E-state index is 12.2. The van der Waals surface area contributed by atoms with E-state index in [2.05, 4.69) is 48.5 Å². The second-order valence-electron chi connectivity index (χ2n) is 32.2. The first-order valence-corrected chi connectivity index (χ1v) is 41.0. The first kappa shape index (κ1) is 53.1. The van der Waals surface area contributed by atoms with Gasteiger partial charge >= 0.3 is 0 Å². The Hall–Kier alpha value is -15.6. The summed E-state index contributed by atoms with van der Waals surface area (Å²) in [6.07, 6.45) is 0. The first-order chi connectivity index (χ1) is 69.8. The van der Waals surface area contributed by atoms with Gasteiger partial charge in [-0.15, -0.1) is 0 Å². The van der Waals surface area contributed by atoms with E-state index in [1.165, 1.54) is 0 Å². The highest BCUT2D eigenvalue weighted by atomic mass is 15.2. The molecule has 4 heterocycles. The molecule has 0 aliphatic carbocycles. The molecule has 0 bridgehead atoms. The molecule has 4 nitrogen and oxygen atoms in total. The summed E-state index contributed by atoms with van der Waals surface area (Å²) in [6, 6.07) is 87.4. The Bertz CT molecular complexity index is 8260. The lowest BCUT2D eigenvalue weighted by molar-refractivity contribution is 0.590. The lowest BCUT2D eigenvalue weighted by Gasteiger charge is -2.46. The third-order valence-corrected chi connectivity index (χ3v) is 23.9. The highest BCUT2D eigenvalue weighted by Crippen LogP contribution is 2.57. The highest BCUT2D eigenvalue weighted by Gasteiger charge is 2.47. The van der Waals surface area contributed by atoms with E-state index in [4.69, 9.17) is 0 Å². The zero-order valence-corrected chi connectivity index (χ0v) is 66.9. The van der Waals surface area contributed by atoms with E-state index in [-0.39, 0.29) is 60.7 Å². The van der Waals surface area contributed by atoms with Gasteiger partial charge in [0.15, 0.2) is 0 Å². The molecule has 0 N–H and O–H groups in total. The molecule has 0 fully saturated rings. The molecule has 578 valence electrons. The van der Waals surface area contributed by atoms with Gasteiger partial charge in [-0.3, -0.25) is 0 Å². The second kappa shape index (κ2) is 29.8. The third-order valence-electron chi connectivity index (χ3n) is 23.9. The number of para-hydroxylation sites is 4. The van der Waals surface area contributed by atoms with Crippen LogP contribution in [0.3, 0.4) is 0 Å². The number of benzene rings is 19. The monoisotopic (exact) mass is 1590 g/mol. The van der Waals surface area contributed by atoms with E-state index in [1.807, 2.05) is 297 Å². The van der Waals surface area contributed by atoms with Crippen LogP contribution in [0.25, 0.3) is 166 Å². The molecule has 0 atom stereocenters. The lowest BCUT2D eigenvalue weighted by Crippen LogP contribution is -2.61. The van der Waals surface area contributed by atoms with E-state index in [9.17, 15) is 30.2 Å². The average Bonchev–Trinajstić information content (AvgIpc) is 1.43. The van der Waals surface area contributed by atoms with Crippen LogP contribution in [-0.2, 0) is 5.41 Å². The summed E-state index contributed by atoms with van der Waals surface area (Å²) in [4.78, 5) is 3.84. The van der Waals surface area contributed by atoms with Crippen molar-refractivity contribution in [2.45, 2.75) is 26.2 Å². The number of rotatable bonds is 14. The van der Waals surface area contributed by atoms with Crippen LogP contribution in [0.5, 0.6) is 0 Å². The Morgan fingerprint density at radius 1 is 0.236 bits per heavy atom. The van der Waals surface area contributed by atoms with Crippen LogP contribution >= 0.6 is 0 Å². The van der Waals surface area contributed by atoms with Crippen LogP contribution in [0.15, 0.2) is 448 Å². The van der Waals surface area contributed by atoms with Crippen LogP contribution < -0.4 is 26.2 Å². The summed E-state index contributed by atoms with van der Waals surface area (Å²) >= 11 is 0. The number of aromatic nitrogens is 2. The summed E-state index contributed by atoms with van der Waals surface area (Å²) < 4.78 is 228. The van der Waals surface area contributed by atoms with Crippen molar-refractivity contribution in [3.8, 4) is 123 Å². The fraction of sp³-hybridized carbons (Fsp3) is 0.0339. The molecule has 21 aromatic rings. The number of hydrogen-bond donors (Lipinski definition) is 0. The van der Waals surface area contributed by atoms with Gasteiger partial charge in [-0.05, 0) is 225 Å². The molecular formula is C118H83BN4. The zero-order valence-electron chi connectivity index (χ0n) is 88.9. The number of nitrogens with zero attached hydrogens (tertiary/aromatic N) is 4. The summed E-state index contributed by atoms with van der Waals surface area (Å²) in [5.41, 5.74) is 11.4. The Labute approximate surface area is 749 Å². The summed E-state index contributed by atoms with van der Waals surface area (Å²) in [5.74, 6) is 0. The molecule has 2 aliphatic rings. The fourth-order valence-electron chi connectivity index (χ4n) is 18.1. The molecule has 2 aliphatic heterocycles. The maximum Gasteiger partial charge on any atom is 0.252 e. The number of hydrogen-bond acceptors (Lipinski definition) is 2. The molecule has 0 spiro atoms. The Kier molecular flexibility index (Phi) is 12.8. The Morgan fingerprint density at radius 3 is 0.764 bits per heavy atom. The minimum atomic E-state index is -1.75. The van der Waals surface area contributed by atoms with Gasteiger partial charge in [0.1, 0.15) is 0 Å². The fourth-order valence-corrected chi connectivity index (χ4v) is 18.1. The molecule has 123 heavy (non-hydrogen) atoms. The van der Waals surface area contributed by atoms with Gasteiger partial charge in [-0.2, -0.15) is 0 Å². The molecule has 23 rings (SSSR count). The second-order valence-corrected chi connectivity index (χ2v) is 32.2. The molecule has 0 saturated carbocycles. The van der Waals surface area contributed by atoms with Crippen molar-refractivity contribution in [2.24, 2.45) is 0 Å². The van der Waals surface area contributed by atoms with Crippen LogP contribution in [0, 0.1) is 0 Å². The Balaban J connectivity index is 0.985. The van der Waals surface area contributed by atoms with Crippen LogP contribution in [0.2, 0.25) is 0 Å². The summed E-state index contributed by atoms with van der Waals surface area (Å²) in [7, 11) is 0. The molecule has 0 unspecified atom stereocenters. The predicted molar refractivity (Wildman–Crippen MR) is 522 cm³/mol. The van der Waals surface area contributed by atoms with Gasteiger partial charge in [0.05, 0.1) is 63.6 Å². The normalized spacial score (nSPS) is 14.8. The molecule has 5 heteroatoms. The van der Waals surface area contributed by atoms with E-state index in [1.54, 1.807) is 0 Å². The van der Waals surface area contributed by atoms with Gasteiger partial charge in [0.25, 0.3) is 6.71 Å². The van der Waals surface area contributed by atoms with E-state index < -0.39 is 179 Å². The van der Waals surface area contributed by atoms with Gasteiger partial charge in [0, 0.05) is 77.9 Å². The third kappa shape index (κ3) is 12.5. The average molecular weight is 1590 g/mol. The topological polar surface area (TPSA) is 16.3 Å². The van der Waals surface area contributed by atoms with Crippen molar-refractivity contribution < 1.29 is 30.2 Å². The minimum absolute atomic E-state index is 0.201. The van der Waals surface area contributed by atoms with Gasteiger partial charge in [0.2, 0.25) is 0 Å². The molecule has 0 radical (unpaired) electrons. The predicted octanol–water partition coefficient (Wildman–Crippen LogP) is 29.9. The van der Waals surface area contributed by atoms with Crippen LogP contribution in [0.1, 0.15) is 56.5 Å². The largest absolute Gasteiger partial charge is 0.310 e. The van der Waals surface area contributed by atoms with Crippen LogP contribution in [-0.4, -0.2) is 15.8 Å². The van der Waals surface area contributed by atoms with E-state index >= 15 is 0 Å². The molecule has 0 saturated heterocycles. The molecular weight excluding hydrogens is 1480 g/mol. The summed E-state index contributed by atoms with van der Waals surface area (Å²) in [6.45, 7) is 4.36. The van der Waals surface area contributed by atoms with Crippen molar-refractivity contribution >= 4 is 101 Å². The van der Waals surface area contributed by atoms with Gasteiger partial charge < -0.3 is 18.9 Å². The zero-order chi connectivity index (χ0) is 101. The van der Waals surface area contributed by atoms with Crippen molar-refractivity contribution in [1.29, 1.82) is 0 Å². The first-order valence-electron chi connectivity index (χ1n) is 52.0. The van der Waals surface area contributed by atoms with Crippen molar-refractivity contribution in [3.05, 3.63) is 454 Å². The summed E-state index contributed by atoms with van der Waals surface area (Å²) in [5, 5.41) is -1.50. The van der Waals surface area contributed by atoms with Crippen molar-refractivity contribution in [1.82, 2.24) is 9.13 Å². The Morgan fingerprint density at radius 2 is 0.488 bits per heavy atom. The molecule has 0 amide bonds. The smallest absolute Gasteiger partial charge is 0.252 e. The highest BCUT2D eigenvalue weighted by molar-refractivity contribution is 7.00. The quantitative estimate of drug-likeness (QED) is 0.101. The number of fused-ring (bicyclic) bond motifs is 10. The SMILES string of the molecule is [2H]c1c([2H])c(-n2c3c([2H])c([2H])c([2H])c([2H])c3c3c([2H])c([2H])c([2H])c([2H])c32)c([2H])c2c1B1c3c(cc(C(C)(C)C)cc3N(c3c(-c4cccc(-c5ccccc5)c4)cc(-c4ccccc4)cc3-c3cccc(-c4ccccc4)c3)c3c([2H])c(-n4c5c([2H])c([2H])c([2H])c([2H])c5c5c([2H])c([2H])c([2H])c([2H])c54)c([2H])c([2H])c31)N2c1c(-c2cccc(-c3ccccc3)c2)cc(-c2ccccc2)cc1-c1cccc(-c2ccccc2)c1. The molecule has 19 aromatic carbocycles. The van der Waals surface area contributed by atoms with Crippen molar-refractivity contribution in [3.63, 3.8) is 0 Å². The lowest BCUT2D eigenvalue weighted by atomic mass is 9.33. The molecule has 2 aromatic heterocycles. The van der Waals surface area contributed by atoms with Gasteiger partial charge in [-0.1, -0.05) is 360 Å². The van der Waals surface area contributed by atoms with E-state index in [0.717, 1.165) is 75.9 Å². The van der Waals surface area contributed by atoms with Crippen molar-refractivity contribution in [2.75, 3.05) is 9.80 Å². The van der Waals surface area contributed by atoms with E-state index in [0.29, 0.717) is 61.4 Å². The standard InChI is InChI=1S/C118H83BN4/c1-118(2,3)94-74-113-115-114(75-94)123(117-103(90-52-32-48-86(68-90)80-38-14-6-15-39-80)72-93(83-44-20-9-21-45-83)73-104(117)91-53-33-49-87(69-91)81-40-16-7-17-41-81)112-77-96(121-109-60-28-24-56-99(109)100-57-25-29-61-110(100)121)63-65-106(112)119(115)105-64-62-95(120-107-58-26-22-54-97(107)98-55-23-27-59-108(98)120)76-111(105)122(113)116-101(88-50-30-46-84(66-88)78-34-10-4-11-35-78)70-92(82-42-18-8-19-43-82)71-102(116)89-51-31-47-85(67-89)79-36-12-5-13-37-79/h4-77H,1-3H3/i22D,23D,24D,25D,26D,27D,28D,29D,54D,55D,56D,57D,58D,59D,60D,61D,62D,63D,64D,65D,76D,77D. The number of anilines is 6. The minimum Gasteiger partial charge on any atom is -0.310 e. The van der Waals surface area contributed by atoms with Crippen LogP contribution in [0.4, 0.5) is 34.1 Å².